The first-order valence-electron chi connectivity index (χ1n) is 12.8. The molecule has 8 nitrogen and oxygen atoms in total. The second kappa shape index (κ2) is 9.36. The number of phenols is 1. The Hall–Kier alpha value is -4.04. The van der Waals surface area contributed by atoms with E-state index in [1.807, 2.05) is 22.8 Å². The molecule has 2 aliphatic rings. The second-order valence-electron chi connectivity index (χ2n) is 10.3. The Balaban J connectivity index is 1.38. The van der Waals surface area contributed by atoms with Crippen LogP contribution in [0.1, 0.15) is 29.4 Å². The van der Waals surface area contributed by atoms with Crippen LogP contribution in [0.3, 0.4) is 0 Å². The Morgan fingerprint density at radius 1 is 1.00 bits per heavy atom. The summed E-state index contributed by atoms with van der Waals surface area (Å²) >= 11 is 0. The number of rotatable bonds is 5. The lowest BCUT2D eigenvalue weighted by molar-refractivity contribution is 0.113. The van der Waals surface area contributed by atoms with Gasteiger partial charge in [0, 0.05) is 43.9 Å². The van der Waals surface area contributed by atoms with Crippen LogP contribution in [0, 0.1) is 12.8 Å². The van der Waals surface area contributed by atoms with Gasteiger partial charge in [-0.1, -0.05) is 12.1 Å². The van der Waals surface area contributed by atoms with Crippen LogP contribution < -0.4 is 20.5 Å². The van der Waals surface area contributed by atoms with Crippen LogP contribution in [0.2, 0.25) is 0 Å². The number of nitrogens with zero attached hydrogens (tertiary/aromatic N) is 2. The van der Waals surface area contributed by atoms with Gasteiger partial charge in [0.25, 0.3) is 5.56 Å². The molecule has 8 heteroatoms. The number of fused-ring (bicyclic) bond motifs is 5. The van der Waals surface area contributed by atoms with E-state index in [0.29, 0.717) is 63.9 Å². The average Bonchev–Trinajstić information content (AvgIpc) is 2.91. The number of hydrogen-bond acceptors (Lipinski definition) is 7. The summed E-state index contributed by atoms with van der Waals surface area (Å²) in [5, 5.41) is 11.3. The highest BCUT2D eigenvalue weighted by atomic mass is 16.5. The monoisotopic (exact) mass is 514 g/mol. The van der Waals surface area contributed by atoms with E-state index in [1.54, 1.807) is 51.5 Å². The highest BCUT2D eigenvalue weighted by Crippen LogP contribution is 2.38. The zero-order chi connectivity index (χ0) is 26.6. The SMILES string of the molecule is COc1ccc(-c2c(C)oc3c(CN4C[C@@H]5C[C@@H](C4)c4cccc(=O)n4C5)c(O)ccc3c2=O)cc1OC. The lowest BCUT2D eigenvalue weighted by Gasteiger charge is -2.42. The van der Waals surface area contributed by atoms with Crippen LogP contribution in [0.25, 0.3) is 22.1 Å². The third-order valence-electron chi connectivity index (χ3n) is 7.92. The van der Waals surface area contributed by atoms with Crippen LogP contribution >= 0.6 is 0 Å². The van der Waals surface area contributed by atoms with Crippen LogP contribution in [0.5, 0.6) is 17.2 Å². The second-order valence-corrected chi connectivity index (χ2v) is 10.3. The molecule has 0 saturated carbocycles. The molecule has 6 rings (SSSR count). The summed E-state index contributed by atoms with van der Waals surface area (Å²) in [7, 11) is 3.12. The van der Waals surface area contributed by atoms with Crippen molar-refractivity contribution in [2.75, 3.05) is 27.3 Å². The summed E-state index contributed by atoms with van der Waals surface area (Å²) in [6.45, 7) is 4.49. The number of hydrogen-bond donors (Lipinski definition) is 1. The van der Waals surface area contributed by atoms with E-state index >= 15 is 0 Å². The summed E-state index contributed by atoms with van der Waals surface area (Å²) in [6.07, 6.45) is 1.05. The van der Waals surface area contributed by atoms with Gasteiger partial charge in [0.2, 0.25) is 5.43 Å². The summed E-state index contributed by atoms with van der Waals surface area (Å²) < 4.78 is 18.9. The van der Waals surface area contributed by atoms with E-state index < -0.39 is 0 Å². The third-order valence-corrected chi connectivity index (χ3v) is 7.92. The van der Waals surface area contributed by atoms with Gasteiger partial charge >= 0.3 is 0 Å². The minimum Gasteiger partial charge on any atom is -0.507 e. The van der Waals surface area contributed by atoms with Gasteiger partial charge in [-0.25, -0.2) is 0 Å². The van der Waals surface area contributed by atoms with Gasteiger partial charge in [-0.15, -0.1) is 0 Å². The fourth-order valence-corrected chi connectivity index (χ4v) is 6.24. The molecule has 4 heterocycles. The number of ether oxygens (including phenoxy) is 2. The van der Waals surface area contributed by atoms with E-state index in [0.717, 1.165) is 25.2 Å². The molecule has 196 valence electrons. The Labute approximate surface area is 219 Å². The molecule has 1 fully saturated rings. The highest BCUT2D eigenvalue weighted by Gasteiger charge is 2.35. The van der Waals surface area contributed by atoms with Crippen LogP contribution in [-0.2, 0) is 13.1 Å². The molecule has 2 aromatic heterocycles. The standard InChI is InChI=1S/C30H30N2O6/c1-17-28(19-7-10-25(36-2)26(12-19)37-3)29(35)21-8-9-24(33)22(30(21)38-17)16-31-13-18-11-20(15-31)23-5-4-6-27(34)32(23)14-18/h4-10,12,18,20,33H,11,13-16H2,1-3H3/t18-,20-/m0/s1. The zero-order valence-electron chi connectivity index (χ0n) is 21.7. The van der Waals surface area contributed by atoms with Crippen molar-refractivity contribution in [1.29, 1.82) is 0 Å². The van der Waals surface area contributed by atoms with Gasteiger partial charge in [0.15, 0.2) is 11.5 Å². The molecule has 2 atom stereocenters. The first-order valence-corrected chi connectivity index (χ1v) is 12.8. The summed E-state index contributed by atoms with van der Waals surface area (Å²) in [6, 6.07) is 14.0. The number of aromatic nitrogens is 1. The molecular weight excluding hydrogens is 484 g/mol. The number of phenolic OH excluding ortho intramolecular Hbond substituents is 1. The lowest BCUT2D eigenvalue weighted by atomic mass is 9.83. The molecule has 0 aliphatic carbocycles. The van der Waals surface area contributed by atoms with Crippen molar-refractivity contribution in [2.45, 2.75) is 32.4 Å². The van der Waals surface area contributed by atoms with Crippen molar-refractivity contribution in [3.63, 3.8) is 0 Å². The zero-order valence-corrected chi connectivity index (χ0v) is 21.7. The normalized spacial score (nSPS) is 18.8. The minimum absolute atomic E-state index is 0.0554. The molecule has 1 N–H and O–H groups in total. The molecular formula is C30H30N2O6. The predicted molar refractivity (Wildman–Crippen MR) is 144 cm³/mol. The Kier molecular flexibility index (Phi) is 5.99. The fraction of sp³-hybridized carbons (Fsp3) is 0.333. The van der Waals surface area contributed by atoms with Crippen LogP contribution in [0.15, 0.2) is 62.5 Å². The van der Waals surface area contributed by atoms with Crippen LogP contribution in [-0.4, -0.2) is 41.9 Å². The molecule has 2 aliphatic heterocycles. The average molecular weight is 515 g/mol. The molecule has 0 spiro atoms. The van der Waals surface area contributed by atoms with E-state index in [9.17, 15) is 14.7 Å². The number of aryl methyl sites for hydroxylation is 1. The first-order chi connectivity index (χ1) is 18.4. The maximum atomic E-state index is 13.7. The molecule has 2 aromatic carbocycles. The van der Waals surface area contributed by atoms with E-state index in [-0.39, 0.29) is 22.7 Å². The van der Waals surface area contributed by atoms with Gasteiger partial charge in [0.05, 0.1) is 30.7 Å². The summed E-state index contributed by atoms with van der Waals surface area (Å²) in [4.78, 5) is 28.4. The molecule has 1 saturated heterocycles. The lowest BCUT2D eigenvalue weighted by Crippen LogP contribution is -2.46. The molecule has 0 radical (unpaired) electrons. The van der Waals surface area contributed by atoms with Gasteiger partial charge < -0.3 is 23.6 Å². The van der Waals surface area contributed by atoms with Crippen molar-refractivity contribution in [3.8, 4) is 28.4 Å². The Morgan fingerprint density at radius 2 is 1.82 bits per heavy atom. The van der Waals surface area contributed by atoms with Crippen LogP contribution in [0.4, 0.5) is 0 Å². The van der Waals surface area contributed by atoms with Crippen molar-refractivity contribution in [3.05, 3.63) is 86.1 Å². The Morgan fingerprint density at radius 3 is 2.61 bits per heavy atom. The summed E-state index contributed by atoms with van der Waals surface area (Å²) in [5.74, 6) is 2.26. The molecule has 4 aromatic rings. The van der Waals surface area contributed by atoms with Crippen molar-refractivity contribution in [1.82, 2.24) is 9.47 Å². The van der Waals surface area contributed by atoms with Gasteiger partial charge in [0.1, 0.15) is 17.1 Å². The third kappa shape index (κ3) is 3.96. The molecule has 38 heavy (non-hydrogen) atoms. The molecule has 2 bridgehead atoms. The smallest absolute Gasteiger partial charge is 0.250 e. The van der Waals surface area contributed by atoms with Crippen molar-refractivity contribution in [2.24, 2.45) is 5.92 Å². The highest BCUT2D eigenvalue weighted by molar-refractivity contribution is 5.87. The number of benzene rings is 2. The molecule has 0 unspecified atom stereocenters. The van der Waals surface area contributed by atoms with Gasteiger partial charge in [-0.05, 0) is 55.2 Å². The van der Waals surface area contributed by atoms with Crippen molar-refractivity contribution < 1.29 is 19.0 Å². The quantitative estimate of drug-likeness (QED) is 0.425. The number of pyridine rings is 1. The largest absolute Gasteiger partial charge is 0.507 e. The van der Waals surface area contributed by atoms with E-state index in [2.05, 4.69) is 4.90 Å². The Bertz CT molecular complexity index is 1670. The van der Waals surface area contributed by atoms with E-state index in [4.69, 9.17) is 13.9 Å². The maximum absolute atomic E-state index is 13.7. The fourth-order valence-electron chi connectivity index (χ4n) is 6.24. The van der Waals surface area contributed by atoms with Gasteiger partial charge in [-0.2, -0.15) is 0 Å². The first kappa shape index (κ1) is 24.3. The number of methoxy groups -OCH3 is 2. The topological polar surface area (TPSA) is 94.1 Å². The minimum atomic E-state index is -0.166. The number of piperidine rings is 1. The molecule has 0 amide bonds. The van der Waals surface area contributed by atoms with Gasteiger partial charge in [-0.3, -0.25) is 14.5 Å². The predicted octanol–water partition coefficient (Wildman–Crippen LogP) is 4.27. The number of likely N-dealkylation sites (tertiary alicyclic amines) is 1. The summed E-state index contributed by atoms with van der Waals surface area (Å²) in [5.41, 5.74) is 3.09. The van der Waals surface area contributed by atoms with Crippen molar-refractivity contribution >= 4 is 11.0 Å². The van der Waals surface area contributed by atoms with E-state index in [1.165, 1.54) is 0 Å². The maximum Gasteiger partial charge on any atom is 0.250 e. The number of aromatic hydroxyl groups is 1.